The van der Waals surface area contributed by atoms with Crippen molar-refractivity contribution in [1.29, 1.82) is 0 Å². The summed E-state index contributed by atoms with van der Waals surface area (Å²) in [6.45, 7) is 2.65. The summed E-state index contributed by atoms with van der Waals surface area (Å²) in [4.78, 5) is 13.7. The van der Waals surface area contributed by atoms with Crippen molar-refractivity contribution in [3.05, 3.63) is 51.4 Å². The first kappa shape index (κ1) is 16.2. The number of ketones is 1. The number of sulfonamides is 1. The molecule has 5 nitrogen and oxygen atoms in total. The van der Waals surface area contributed by atoms with Crippen LogP contribution in [0, 0.1) is 6.92 Å². The number of aryl methyl sites for hydroxylation is 1. The monoisotopic (exact) mass is 350 g/mol. The molecule has 0 radical (unpaired) electrons. The normalized spacial score (nSPS) is 15.4. The van der Waals surface area contributed by atoms with E-state index < -0.39 is 10.0 Å². The maximum Gasteiger partial charge on any atom is 0.211 e. The molecular weight excluding hydrogens is 332 g/mol. The second-order valence-corrected chi connectivity index (χ2v) is 8.90. The van der Waals surface area contributed by atoms with E-state index in [1.54, 1.807) is 12.1 Å². The van der Waals surface area contributed by atoms with Gasteiger partial charge in [0.15, 0.2) is 5.78 Å². The first-order chi connectivity index (χ1) is 10.8. The maximum atomic E-state index is 12.8. The number of hydrogen-bond donors (Lipinski definition) is 1. The number of thiophene rings is 1. The van der Waals surface area contributed by atoms with Crippen LogP contribution in [-0.2, 0) is 23.0 Å². The van der Waals surface area contributed by atoms with Crippen molar-refractivity contribution < 1.29 is 13.2 Å². The van der Waals surface area contributed by atoms with Gasteiger partial charge in [-0.15, -0.1) is 11.3 Å². The molecule has 0 atom stereocenters. The molecule has 0 bridgehead atoms. The molecule has 1 aliphatic heterocycles. The molecule has 2 N–H and O–H groups in total. The van der Waals surface area contributed by atoms with Gasteiger partial charge in [-0.25, -0.2) is 8.42 Å². The largest absolute Gasteiger partial charge is 0.390 e. The molecule has 1 aliphatic rings. The van der Waals surface area contributed by atoms with Crippen molar-refractivity contribution in [2.75, 3.05) is 18.5 Å². The van der Waals surface area contributed by atoms with Crippen LogP contribution in [0.15, 0.2) is 24.3 Å². The fraction of sp³-hybridized carbons (Fsp3) is 0.312. The maximum absolute atomic E-state index is 12.8. The number of benzene rings is 1. The molecule has 7 heteroatoms. The molecule has 2 aromatic rings. The lowest BCUT2D eigenvalue weighted by Crippen LogP contribution is -2.34. The highest BCUT2D eigenvalue weighted by Gasteiger charge is 2.30. The summed E-state index contributed by atoms with van der Waals surface area (Å²) in [5.41, 5.74) is 9.21. The van der Waals surface area contributed by atoms with Gasteiger partial charge < -0.3 is 5.73 Å². The second-order valence-electron chi connectivity index (χ2n) is 5.78. The molecule has 122 valence electrons. The predicted octanol–water partition coefficient (Wildman–Crippen LogP) is 2.19. The van der Waals surface area contributed by atoms with Gasteiger partial charge in [0.2, 0.25) is 10.0 Å². The number of nitrogen functional groups attached to an aromatic ring is 1. The lowest BCUT2D eigenvalue weighted by molar-refractivity contribution is 0.103. The average molecular weight is 350 g/mol. The van der Waals surface area contributed by atoms with Crippen LogP contribution in [0.3, 0.4) is 0 Å². The minimum Gasteiger partial charge on any atom is -0.390 e. The van der Waals surface area contributed by atoms with Crippen molar-refractivity contribution in [3.63, 3.8) is 0 Å². The number of nitrogens with two attached hydrogens (primary N) is 1. The van der Waals surface area contributed by atoms with Crippen molar-refractivity contribution >= 4 is 32.1 Å². The highest BCUT2D eigenvalue weighted by molar-refractivity contribution is 7.88. The van der Waals surface area contributed by atoms with Crippen LogP contribution in [0.25, 0.3) is 0 Å². The molecule has 0 unspecified atom stereocenters. The van der Waals surface area contributed by atoms with Crippen LogP contribution in [0.4, 0.5) is 5.00 Å². The van der Waals surface area contributed by atoms with Crippen LogP contribution in [0.5, 0.6) is 0 Å². The van der Waals surface area contributed by atoms with E-state index in [1.165, 1.54) is 21.9 Å². The predicted molar refractivity (Wildman–Crippen MR) is 92.3 cm³/mol. The Kier molecular flexibility index (Phi) is 4.03. The molecule has 1 aromatic carbocycles. The van der Waals surface area contributed by atoms with Crippen LogP contribution < -0.4 is 5.73 Å². The van der Waals surface area contributed by atoms with Gasteiger partial charge in [0, 0.05) is 23.5 Å². The molecule has 0 saturated heterocycles. The van der Waals surface area contributed by atoms with Crippen molar-refractivity contribution in [3.8, 4) is 0 Å². The Morgan fingerprint density at radius 1 is 1.26 bits per heavy atom. The SMILES string of the molecule is Cc1ccc(C(=O)c2c(N)sc3c2CCN(S(C)(=O)=O)C3)cc1. The number of anilines is 1. The van der Waals surface area contributed by atoms with E-state index >= 15 is 0 Å². The molecule has 0 spiro atoms. The van der Waals surface area contributed by atoms with Crippen LogP contribution in [-0.4, -0.2) is 31.3 Å². The first-order valence-corrected chi connectivity index (χ1v) is 9.90. The molecule has 2 heterocycles. The van der Waals surface area contributed by atoms with Crippen molar-refractivity contribution in [1.82, 2.24) is 4.31 Å². The fourth-order valence-corrected chi connectivity index (χ4v) is 4.78. The quantitative estimate of drug-likeness (QED) is 0.861. The lowest BCUT2D eigenvalue weighted by Gasteiger charge is -2.24. The highest BCUT2D eigenvalue weighted by Crippen LogP contribution is 2.37. The summed E-state index contributed by atoms with van der Waals surface area (Å²) in [5, 5.41) is 0.468. The zero-order chi connectivity index (χ0) is 16.8. The fourth-order valence-electron chi connectivity index (χ4n) is 2.78. The molecule has 0 saturated carbocycles. The lowest BCUT2D eigenvalue weighted by atomic mass is 9.96. The first-order valence-electron chi connectivity index (χ1n) is 7.24. The third-order valence-electron chi connectivity index (χ3n) is 4.06. The average Bonchev–Trinajstić information content (AvgIpc) is 2.81. The number of carbonyl (C=O) groups is 1. The molecule has 0 amide bonds. The van der Waals surface area contributed by atoms with Gasteiger partial charge in [-0.05, 0) is 18.9 Å². The van der Waals surface area contributed by atoms with Crippen molar-refractivity contribution in [2.24, 2.45) is 0 Å². The number of fused-ring (bicyclic) bond motifs is 1. The van der Waals surface area contributed by atoms with Gasteiger partial charge in [-0.2, -0.15) is 4.31 Å². The molecule has 23 heavy (non-hydrogen) atoms. The van der Waals surface area contributed by atoms with Crippen LogP contribution in [0.2, 0.25) is 0 Å². The molecule has 0 aliphatic carbocycles. The number of hydrogen-bond acceptors (Lipinski definition) is 5. The standard InChI is InChI=1S/C16H18N2O3S2/c1-10-3-5-11(6-4-10)15(19)14-12-7-8-18(23(2,20)21)9-13(12)22-16(14)17/h3-6H,7-9,17H2,1-2H3. The van der Waals surface area contributed by atoms with Crippen LogP contribution in [0.1, 0.15) is 31.9 Å². The van der Waals surface area contributed by atoms with Gasteiger partial charge >= 0.3 is 0 Å². The Morgan fingerprint density at radius 2 is 1.91 bits per heavy atom. The zero-order valence-corrected chi connectivity index (χ0v) is 14.6. The minimum atomic E-state index is -3.24. The zero-order valence-electron chi connectivity index (χ0n) is 13.0. The number of carbonyl (C=O) groups excluding carboxylic acids is 1. The summed E-state index contributed by atoms with van der Waals surface area (Å²) < 4.78 is 24.8. The molecule has 1 aromatic heterocycles. The summed E-state index contributed by atoms with van der Waals surface area (Å²) in [6, 6.07) is 7.39. The van der Waals surface area contributed by atoms with E-state index in [2.05, 4.69) is 0 Å². The summed E-state index contributed by atoms with van der Waals surface area (Å²) in [5.74, 6) is -0.0900. The Hall–Kier alpha value is -1.70. The van der Waals surface area contributed by atoms with Crippen molar-refractivity contribution in [2.45, 2.75) is 19.9 Å². The van der Waals surface area contributed by atoms with Crippen LogP contribution >= 0.6 is 11.3 Å². The number of nitrogens with zero attached hydrogens (tertiary/aromatic N) is 1. The molecular formula is C16H18N2O3S2. The Bertz CT molecular complexity index is 867. The third kappa shape index (κ3) is 3.04. The molecule has 0 fully saturated rings. The van der Waals surface area contributed by atoms with Gasteiger partial charge in [-0.3, -0.25) is 4.79 Å². The van der Waals surface area contributed by atoms with E-state index in [9.17, 15) is 13.2 Å². The van der Waals surface area contributed by atoms with E-state index in [1.807, 2.05) is 19.1 Å². The summed E-state index contributed by atoms with van der Waals surface area (Å²) >= 11 is 1.31. The topological polar surface area (TPSA) is 80.5 Å². The van der Waals surface area contributed by atoms with Gasteiger partial charge in [-0.1, -0.05) is 29.8 Å². The second kappa shape index (κ2) is 5.74. The van der Waals surface area contributed by atoms with E-state index in [0.717, 1.165) is 16.0 Å². The minimum absolute atomic E-state index is 0.0900. The van der Waals surface area contributed by atoms with Gasteiger partial charge in [0.05, 0.1) is 16.8 Å². The van der Waals surface area contributed by atoms with E-state index in [0.29, 0.717) is 35.6 Å². The highest BCUT2D eigenvalue weighted by atomic mass is 32.2. The Balaban J connectivity index is 1.98. The van der Waals surface area contributed by atoms with E-state index in [-0.39, 0.29) is 5.78 Å². The van der Waals surface area contributed by atoms with Gasteiger partial charge in [0.25, 0.3) is 0 Å². The Morgan fingerprint density at radius 3 is 2.52 bits per heavy atom. The number of rotatable bonds is 3. The third-order valence-corrected chi connectivity index (χ3v) is 6.35. The van der Waals surface area contributed by atoms with Gasteiger partial charge in [0.1, 0.15) is 0 Å². The Labute approximate surface area is 139 Å². The summed E-state index contributed by atoms with van der Waals surface area (Å²) in [6.07, 6.45) is 1.72. The molecule has 3 rings (SSSR count). The smallest absolute Gasteiger partial charge is 0.211 e. The summed E-state index contributed by atoms with van der Waals surface area (Å²) in [7, 11) is -3.24. The van der Waals surface area contributed by atoms with E-state index in [4.69, 9.17) is 5.73 Å².